The number of esters is 1. The number of β-lactam (4-membered cyclic amide) rings is 1. The van der Waals surface area contributed by atoms with E-state index in [2.05, 4.69) is 56.6 Å². The van der Waals surface area contributed by atoms with Gasteiger partial charge in [0.25, 0.3) is 11.8 Å². The summed E-state index contributed by atoms with van der Waals surface area (Å²) in [6.45, 7) is 1.95. The van der Waals surface area contributed by atoms with Crippen LogP contribution in [0.25, 0.3) is 10.9 Å². The fourth-order valence-corrected chi connectivity index (χ4v) is 10.9. The number of carbonyl (C=O) groups is 3. The molecule has 17 heteroatoms. The highest BCUT2D eigenvalue weighted by Crippen LogP contribution is 2.43. The Labute approximate surface area is 410 Å². The molecule has 1 saturated heterocycles. The molecule has 2 atom stereocenters. The fraction of sp³-hybridized carbons (Fsp3) is 0.184. The summed E-state index contributed by atoms with van der Waals surface area (Å²) < 4.78 is 15.1. The van der Waals surface area contributed by atoms with Gasteiger partial charge in [-0.15, -0.1) is 23.1 Å². The first-order chi connectivity index (χ1) is 31.8. The minimum Gasteiger partial charge on any atom is -1.00 e. The molecule has 13 nitrogen and oxygen atoms in total. The number of fused-ring (bicyclic) bond motifs is 2. The van der Waals surface area contributed by atoms with Crippen molar-refractivity contribution in [3.05, 3.63) is 190 Å². The van der Waals surface area contributed by atoms with Crippen molar-refractivity contribution in [2.45, 2.75) is 30.5 Å². The van der Waals surface area contributed by atoms with E-state index in [9.17, 15) is 14.4 Å². The summed E-state index contributed by atoms with van der Waals surface area (Å²) in [6, 6.07) is 36.6. The maximum atomic E-state index is 14.3. The van der Waals surface area contributed by atoms with Crippen molar-refractivity contribution in [3.63, 3.8) is 0 Å². The van der Waals surface area contributed by atoms with Crippen molar-refractivity contribution >= 4 is 74.0 Å². The fourth-order valence-electron chi connectivity index (χ4n) is 7.90. The van der Waals surface area contributed by atoms with Gasteiger partial charge in [-0.3, -0.25) is 14.5 Å². The number of aromatic nitrogens is 3. The molecule has 5 heterocycles. The van der Waals surface area contributed by atoms with Crippen molar-refractivity contribution < 1.29 is 57.2 Å². The van der Waals surface area contributed by atoms with Crippen LogP contribution in [0.3, 0.4) is 0 Å². The van der Waals surface area contributed by atoms with E-state index in [0.717, 1.165) is 32.8 Å². The quantitative estimate of drug-likeness (QED) is 0.0272. The number of hydrogen-bond acceptors (Lipinski definition) is 12. The van der Waals surface area contributed by atoms with Crippen LogP contribution in [-0.2, 0) is 43.2 Å². The summed E-state index contributed by atoms with van der Waals surface area (Å²) in [5, 5.41) is 14.6. The lowest BCUT2D eigenvalue weighted by Crippen LogP contribution is -3.00. The maximum Gasteiger partial charge on any atom is 0.355 e. The molecule has 2 amide bonds. The molecular formula is C49H44IN7O6S3. The van der Waals surface area contributed by atoms with Crippen molar-refractivity contribution in [2.24, 2.45) is 12.2 Å². The van der Waals surface area contributed by atoms with Gasteiger partial charge in [0.15, 0.2) is 10.8 Å². The number of ether oxygens (including phenoxy) is 2. The van der Waals surface area contributed by atoms with Gasteiger partial charge in [0.05, 0.1) is 14.2 Å². The summed E-state index contributed by atoms with van der Waals surface area (Å²) in [5.74, 6) is -0.690. The highest BCUT2D eigenvalue weighted by molar-refractivity contribution is 8.00. The minimum atomic E-state index is -0.969. The predicted molar refractivity (Wildman–Crippen MR) is 253 cm³/mol. The van der Waals surface area contributed by atoms with Crippen LogP contribution in [-0.4, -0.2) is 68.7 Å². The van der Waals surface area contributed by atoms with Crippen LogP contribution in [0.4, 0.5) is 5.13 Å². The summed E-state index contributed by atoms with van der Waals surface area (Å²) in [6.07, 6.45) is 7.79. The molecule has 0 unspecified atom stereocenters. The molecular weight excluding hydrogens is 1010 g/mol. The molecule has 7 aromatic rings. The third-order valence-electron chi connectivity index (χ3n) is 11.1. The van der Waals surface area contributed by atoms with E-state index in [0.29, 0.717) is 22.2 Å². The number of allylic oxidation sites excluding steroid dienone is 1. The van der Waals surface area contributed by atoms with Gasteiger partial charge >= 0.3 is 5.97 Å². The molecule has 3 aromatic heterocycles. The standard InChI is InChI=1S/C49H43N7O6S3.HI/c1-4-62-53-41(39-30-65-48(50-39)52-49(34-14-8-5-9-15-34,35-16-10-6-11-17-35)36-18-12-7-13-19-36)44(57)51-42-45(58)56-43(47(59)61-27-32-20-24-38(60-3)25-21-32)33(28-64-46(42)56)22-23-37-29-63-40-26-54(2)31-55(37)40;/h5-26,29-31,42,46H,4,27-28H2,1-3H3,(H-,50,51,52,57);1H/b23-22?,53-41-;/t42-,46-;/m1./s1. The van der Waals surface area contributed by atoms with Crippen LogP contribution in [0.1, 0.15) is 40.6 Å². The molecule has 2 N–H and O–H groups in total. The number of carbonyl (C=O) groups excluding carboxylic acids is 3. The van der Waals surface area contributed by atoms with Crippen LogP contribution >= 0.6 is 34.4 Å². The zero-order valence-electron chi connectivity index (χ0n) is 36.0. The number of methoxy groups -OCH3 is 1. The number of thioether (sulfide) groups is 1. The smallest absolute Gasteiger partial charge is 0.355 e. The molecule has 0 radical (unpaired) electrons. The van der Waals surface area contributed by atoms with Crippen molar-refractivity contribution in [3.8, 4) is 5.75 Å². The van der Waals surface area contributed by atoms with Crippen LogP contribution in [0.2, 0.25) is 0 Å². The second kappa shape index (κ2) is 20.5. The number of benzene rings is 4. The number of thiazole rings is 2. The molecule has 0 bridgehead atoms. The second-order valence-electron chi connectivity index (χ2n) is 15.1. The lowest BCUT2D eigenvalue weighted by atomic mass is 9.77. The normalized spacial score (nSPS) is 16.1. The van der Waals surface area contributed by atoms with Gasteiger partial charge in [-0.25, -0.2) is 14.3 Å². The summed E-state index contributed by atoms with van der Waals surface area (Å²) >= 11 is 4.37. The predicted octanol–water partition coefficient (Wildman–Crippen LogP) is 4.55. The molecule has 4 aromatic carbocycles. The van der Waals surface area contributed by atoms with Crippen LogP contribution in [0, 0.1) is 0 Å². The number of oxime groups is 1. The monoisotopic (exact) mass is 1050 g/mol. The first kappa shape index (κ1) is 46.3. The van der Waals surface area contributed by atoms with Crippen molar-refractivity contribution in [2.75, 3.05) is 24.8 Å². The van der Waals surface area contributed by atoms with Gasteiger partial charge in [-0.1, -0.05) is 126 Å². The Balaban J connectivity index is 0.00000592. The molecule has 0 aliphatic carbocycles. The van der Waals surface area contributed by atoms with Gasteiger partial charge in [0, 0.05) is 16.5 Å². The molecule has 336 valence electrons. The summed E-state index contributed by atoms with van der Waals surface area (Å²) in [7, 11) is 3.54. The Kier molecular flexibility index (Phi) is 14.4. The Hall–Kier alpha value is -6.28. The number of nitrogens with one attached hydrogen (secondary N) is 2. The summed E-state index contributed by atoms with van der Waals surface area (Å²) in [5.41, 5.74) is 4.72. The van der Waals surface area contributed by atoms with Gasteiger partial charge in [0.1, 0.15) is 59.2 Å². The number of halogens is 1. The first-order valence-corrected chi connectivity index (χ1v) is 23.6. The number of anilines is 1. The van der Waals surface area contributed by atoms with Gasteiger partial charge in [0.2, 0.25) is 11.2 Å². The third kappa shape index (κ3) is 9.25. The van der Waals surface area contributed by atoms with E-state index in [4.69, 9.17) is 19.3 Å². The average Bonchev–Trinajstić information content (AvgIpc) is 4.08. The number of amides is 2. The Morgan fingerprint density at radius 2 is 1.56 bits per heavy atom. The second-order valence-corrected chi connectivity index (χ2v) is 18.0. The molecule has 2 aliphatic heterocycles. The topological polar surface area (TPSA) is 140 Å². The molecule has 0 saturated carbocycles. The van der Waals surface area contributed by atoms with E-state index in [1.54, 1.807) is 42.9 Å². The number of aryl methyl sites for hydroxylation is 1. The third-order valence-corrected chi connectivity index (χ3v) is 14.0. The number of imidazole rings is 1. The van der Waals surface area contributed by atoms with Crippen LogP contribution < -0.4 is 43.9 Å². The Morgan fingerprint density at radius 3 is 2.18 bits per heavy atom. The van der Waals surface area contributed by atoms with E-state index in [1.807, 2.05) is 108 Å². The molecule has 2 aliphatic rings. The van der Waals surface area contributed by atoms with Gasteiger partial charge < -0.3 is 48.9 Å². The molecule has 0 spiro atoms. The van der Waals surface area contributed by atoms with E-state index >= 15 is 0 Å². The van der Waals surface area contributed by atoms with Crippen molar-refractivity contribution in [1.82, 2.24) is 19.6 Å². The largest absolute Gasteiger partial charge is 1.00 e. The number of rotatable bonds is 16. The van der Waals surface area contributed by atoms with E-state index < -0.39 is 34.7 Å². The average molecular weight is 1050 g/mol. The van der Waals surface area contributed by atoms with Gasteiger partial charge in [-0.2, -0.15) is 4.40 Å². The van der Waals surface area contributed by atoms with Crippen molar-refractivity contribution in [1.29, 1.82) is 0 Å². The number of hydrogen-bond donors (Lipinski definition) is 2. The zero-order valence-corrected chi connectivity index (χ0v) is 40.6. The first-order valence-electron chi connectivity index (χ1n) is 20.8. The van der Waals surface area contributed by atoms with Crippen LogP contribution in [0.15, 0.2) is 161 Å². The minimum absolute atomic E-state index is 0. The Morgan fingerprint density at radius 1 is 0.909 bits per heavy atom. The SMILES string of the molecule is CCO/N=C(\C(=O)N[C@@H]1C(=O)N2C(C(=O)OCc3ccc(OC)cc3)=C(C=Cc3csc4c[n+](C)cn34)CS[C@H]12)c1csc(NC(c2ccccc2)(c2ccccc2)c2ccccc2)n1.[I-]. The highest BCUT2D eigenvalue weighted by Gasteiger charge is 2.54. The van der Waals surface area contributed by atoms with Crippen LogP contribution in [0.5, 0.6) is 5.75 Å². The zero-order chi connectivity index (χ0) is 44.9. The Bertz CT molecular complexity index is 2840. The number of nitrogens with zero attached hydrogens (tertiary/aromatic N) is 5. The molecule has 9 rings (SSSR count). The van der Waals surface area contributed by atoms with E-state index in [-0.39, 0.29) is 54.3 Å². The maximum absolute atomic E-state index is 14.3. The lowest BCUT2D eigenvalue weighted by Gasteiger charge is -2.49. The van der Waals surface area contributed by atoms with Gasteiger partial charge in [-0.05, 0) is 53.0 Å². The summed E-state index contributed by atoms with van der Waals surface area (Å²) in [4.78, 5) is 55.4. The molecule has 1 fully saturated rings. The lowest BCUT2D eigenvalue weighted by molar-refractivity contribution is -0.669. The molecule has 66 heavy (non-hydrogen) atoms. The highest BCUT2D eigenvalue weighted by atomic mass is 127. The van der Waals surface area contributed by atoms with E-state index in [1.165, 1.54) is 28.0 Å².